The highest BCUT2D eigenvalue weighted by atomic mass is 32.2. The highest BCUT2D eigenvalue weighted by Crippen LogP contribution is 2.37. The molecule has 1 unspecified atom stereocenters. The summed E-state index contributed by atoms with van der Waals surface area (Å²) >= 11 is 5.72. The molecule has 2 aliphatic rings. The van der Waals surface area contributed by atoms with Crippen LogP contribution in [0.25, 0.3) is 21.9 Å². The van der Waals surface area contributed by atoms with Crippen LogP contribution in [-0.4, -0.2) is 85.7 Å². The van der Waals surface area contributed by atoms with Crippen LogP contribution in [0.2, 0.25) is 0 Å². The van der Waals surface area contributed by atoms with Crippen molar-refractivity contribution in [2.45, 2.75) is 30.7 Å². The molecule has 2 aromatic heterocycles. The molecule has 2 aromatic carbocycles. The third kappa shape index (κ3) is 5.02. The average Bonchev–Trinajstić information content (AvgIpc) is 3.59. The zero-order chi connectivity index (χ0) is 28.7. The smallest absolute Gasteiger partial charge is 0.243 e. The predicted molar refractivity (Wildman–Crippen MR) is 162 cm³/mol. The van der Waals surface area contributed by atoms with E-state index in [1.807, 2.05) is 19.1 Å². The van der Waals surface area contributed by atoms with Gasteiger partial charge in [0.2, 0.25) is 27.8 Å². The van der Waals surface area contributed by atoms with Crippen molar-refractivity contribution in [2.75, 3.05) is 57.2 Å². The van der Waals surface area contributed by atoms with Gasteiger partial charge in [-0.1, -0.05) is 4.98 Å². The van der Waals surface area contributed by atoms with Crippen LogP contribution in [0.5, 0.6) is 11.5 Å². The van der Waals surface area contributed by atoms with Crippen LogP contribution in [0.15, 0.2) is 47.6 Å². The summed E-state index contributed by atoms with van der Waals surface area (Å²) < 4.78 is 38.6. The largest absolute Gasteiger partial charge is 0.493 e. The summed E-state index contributed by atoms with van der Waals surface area (Å²) in [5.74, 6) is 2.30. The number of benzene rings is 2. The van der Waals surface area contributed by atoms with Crippen LogP contribution >= 0.6 is 12.2 Å². The van der Waals surface area contributed by atoms with Crippen molar-refractivity contribution in [3.05, 3.63) is 42.7 Å². The Morgan fingerprint density at radius 2 is 1.78 bits per heavy atom. The van der Waals surface area contributed by atoms with Gasteiger partial charge in [0.1, 0.15) is 5.39 Å². The van der Waals surface area contributed by atoms with Gasteiger partial charge >= 0.3 is 0 Å². The van der Waals surface area contributed by atoms with E-state index < -0.39 is 10.0 Å². The van der Waals surface area contributed by atoms with Crippen LogP contribution < -0.4 is 24.7 Å². The highest BCUT2D eigenvalue weighted by Gasteiger charge is 2.32. The standard InChI is InChI=1S/C28H33N7O4S2/c1-18-5-4-10-35(18)41(36,37)20-8-6-19(7-9-20)31-28(40)34-13-11-33(12-14-34)27-25-21-15-23(38-2)24(39-3)16-22(21)32-26(25)29-17-30-27/h6-9,15-18H,4-5,10-14H2,1-3H3,(H,31,40)(H,29,30,32)/p+1. The Labute approximate surface area is 244 Å². The number of thiocarbonyl (C=S) groups is 1. The molecule has 41 heavy (non-hydrogen) atoms. The molecular weight excluding hydrogens is 562 g/mol. The molecule has 4 heterocycles. The SMILES string of the molecule is COc1cc2[nH]c3nc[nH+]c(N4CCN(C(=S)Nc5ccc(S(=O)(=O)N6CCCC6C)cc5)CC4)c3c2cc1OC. The van der Waals surface area contributed by atoms with Crippen LogP contribution in [0.1, 0.15) is 19.8 Å². The molecule has 4 aromatic rings. The lowest BCUT2D eigenvalue weighted by Crippen LogP contribution is -2.51. The number of aromatic amines is 2. The van der Waals surface area contributed by atoms with E-state index in [2.05, 4.69) is 30.1 Å². The Hall–Kier alpha value is -3.68. The number of nitrogens with one attached hydrogen (secondary N) is 3. The number of sulfonamides is 1. The maximum atomic E-state index is 13.0. The minimum absolute atomic E-state index is 0.0344. The van der Waals surface area contributed by atoms with Crippen LogP contribution in [-0.2, 0) is 10.0 Å². The Balaban J connectivity index is 1.14. The van der Waals surface area contributed by atoms with Crippen molar-refractivity contribution < 1.29 is 22.9 Å². The van der Waals surface area contributed by atoms with Gasteiger partial charge in [-0.2, -0.15) is 4.31 Å². The molecule has 3 N–H and O–H groups in total. The van der Waals surface area contributed by atoms with Gasteiger partial charge in [-0.15, -0.1) is 0 Å². The van der Waals surface area contributed by atoms with E-state index in [1.54, 1.807) is 49.1 Å². The molecule has 2 aliphatic heterocycles. The first-order valence-electron chi connectivity index (χ1n) is 13.7. The van der Waals surface area contributed by atoms with Gasteiger partial charge in [-0.25, -0.2) is 13.4 Å². The van der Waals surface area contributed by atoms with Crippen LogP contribution in [0.4, 0.5) is 11.5 Å². The number of ether oxygens (including phenoxy) is 2. The second-order valence-corrected chi connectivity index (χ2v) is 12.7. The number of hydrogen-bond acceptors (Lipinski definition) is 7. The lowest BCUT2D eigenvalue weighted by atomic mass is 10.1. The van der Waals surface area contributed by atoms with E-state index in [0.29, 0.717) is 28.1 Å². The predicted octanol–water partition coefficient (Wildman–Crippen LogP) is 3.24. The third-order valence-electron chi connectivity index (χ3n) is 8.00. The fourth-order valence-electron chi connectivity index (χ4n) is 5.77. The Morgan fingerprint density at radius 1 is 1.07 bits per heavy atom. The summed E-state index contributed by atoms with van der Waals surface area (Å²) in [5.41, 5.74) is 2.47. The number of anilines is 2. The highest BCUT2D eigenvalue weighted by molar-refractivity contribution is 7.89. The molecule has 1 atom stereocenters. The van der Waals surface area contributed by atoms with Crippen molar-refractivity contribution in [3.63, 3.8) is 0 Å². The topological polar surface area (TPSA) is 117 Å². The zero-order valence-corrected chi connectivity index (χ0v) is 24.9. The minimum atomic E-state index is -3.49. The van der Waals surface area contributed by atoms with Gasteiger partial charge in [0.25, 0.3) is 0 Å². The number of aromatic nitrogens is 3. The zero-order valence-electron chi connectivity index (χ0n) is 23.3. The maximum absolute atomic E-state index is 13.0. The summed E-state index contributed by atoms with van der Waals surface area (Å²) in [4.78, 5) is 16.0. The summed E-state index contributed by atoms with van der Waals surface area (Å²) in [6.07, 6.45) is 3.50. The summed E-state index contributed by atoms with van der Waals surface area (Å²) in [6.45, 7) is 5.49. The van der Waals surface area contributed by atoms with E-state index in [0.717, 1.165) is 72.5 Å². The number of H-pyrrole nitrogens is 2. The van der Waals surface area contributed by atoms with Crippen molar-refractivity contribution in [1.29, 1.82) is 0 Å². The Kier molecular flexibility index (Phi) is 7.34. The first-order chi connectivity index (χ1) is 19.8. The second-order valence-electron chi connectivity index (χ2n) is 10.4. The molecule has 0 aliphatic carbocycles. The molecule has 2 saturated heterocycles. The van der Waals surface area contributed by atoms with Crippen molar-refractivity contribution in [3.8, 4) is 11.5 Å². The molecule has 6 rings (SSSR count). The molecular formula is C28H34N7O4S2+. The van der Waals surface area contributed by atoms with Crippen LogP contribution in [0.3, 0.4) is 0 Å². The van der Waals surface area contributed by atoms with Gasteiger partial charge in [0, 0.05) is 29.7 Å². The molecule has 216 valence electrons. The van der Waals surface area contributed by atoms with E-state index in [1.165, 1.54) is 0 Å². The Morgan fingerprint density at radius 3 is 2.44 bits per heavy atom. The lowest BCUT2D eigenvalue weighted by molar-refractivity contribution is -0.367. The van der Waals surface area contributed by atoms with Gasteiger partial charge in [0.05, 0.1) is 50.8 Å². The van der Waals surface area contributed by atoms with Gasteiger partial charge in [-0.3, -0.25) is 4.90 Å². The number of fused-ring (bicyclic) bond motifs is 3. The number of piperazine rings is 1. The summed E-state index contributed by atoms with van der Waals surface area (Å²) in [6, 6.07) is 10.8. The van der Waals surface area contributed by atoms with E-state index >= 15 is 0 Å². The molecule has 0 bridgehead atoms. The normalized spacial score (nSPS) is 18.3. The van der Waals surface area contributed by atoms with E-state index in [9.17, 15) is 8.42 Å². The van der Waals surface area contributed by atoms with Gasteiger partial charge in [-0.05, 0) is 62.3 Å². The number of rotatable bonds is 6. The van der Waals surface area contributed by atoms with Gasteiger partial charge < -0.3 is 24.7 Å². The monoisotopic (exact) mass is 596 g/mol. The molecule has 2 fully saturated rings. The Bertz CT molecular complexity index is 1700. The first-order valence-corrected chi connectivity index (χ1v) is 15.5. The van der Waals surface area contributed by atoms with E-state index in [4.69, 9.17) is 21.7 Å². The molecule has 13 heteroatoms. The molecule has 0 radical (unpaired) electrons. The van der Waals surface area contributed by atoms with Crippen molar-refractivity contribution in [1.82, 2.24) is 19.2 Å². The molecule has 11 nitrogen and oxygen atoms in total. The van der Waals surface area contributed by atoms with E-state index in [-0.39, 0.29) is 6.04 Å². The number of methoxy groups -OCH3 is 2. The molecule has 0 amide bonds. The quantitative estimate of drug-likeness (QED) is 0.324. The third-order valence-corrected chi connectivity index (χ3v) is 10.4. The summed E-state index contributed by atoms with van der Waals surface area (Å²) in [5, 5.41) is 5.89. The molecule has 0 spiro atoms. The van der Waals surface area contributed by atoms with Crippen molar-refractivity contribution in [2.24, 2.45) is 0 Å². The number of nitrogens with zero attached hydrogens (tertiary/aromatic N) is 4. The fraction of sp³-hybridized carbons (Fsp3) is 0.393. The fourth-order valence-corrected chi connectivity index (χ4v) is 7.77. The average molecular weight is 597 g/mol. The minimum Gasteiger partial charge on any atom is -0.493 e. The summed E-state index contributed by atoms with van der Waals surface area (Å²) in [7, 11) is -0.232. The van der Waals surface area contributed by atoms with Crippen LogP contribution in [0, 0.1) is 0 Å². The first kappa shape index (κ1) is 27.5. The lowest BCUT2D eigenvalue weighted by Gasteiger charge is -2.34. The van der Waals surface area contributed by atoms with Gasteiger partial charge in [0.15, 0.2) is 16.6 Å². The second kappa shape index (κ2) is 11.0. The maximum Gasteiger partial charge on any atom is 0.243 e. The molecule has 0 saturated carbocycles. The number of hydrogen-bond donors (Lipinski definition) is 2. The van der Waals surface area contributed by atoms with Crippen molar-refractivity contribution >= 4 is 60.8 Å².